The highest BCUT2D eigenvalue weighted by molar-refractivity contribution is 5.93. The lowest BCUT2D eigenvalue weighted by Gasteiger charge is -2.30. The van der Waals surface area contributed by atoms with Gasteiger partial charge in [-0.3, -0.25) is 10.1 Å². The molecule has 0 saturated carbocycles. The highest BCUT2D eigenvalue weighted by Crippen LogP contribution is 2.20. The standard InChI is InChI=1S/C17H23N3O5/c1-3-25-16(22)19-14-8-6-13(7-9-14)18-15(21)12-5-4-10-20(11-12)17(23)24-2/h6-9,12H,3-5,10-11H2,1-2H3,(H,18,21)(H,19,22)/t12-/m1/s1. The lowest BCUT2D eigenvalue weighted by Crippen LogP contribution is -2.43. The first-order chi connectivity index (χ1) is 12.0. The van der Waals surface area contributed by atoms with Gasteiger partial charge in [0.1, 0.15) is 0 Å². The van der Waals surface area contributed by atoms with Gasteiger partial charge in [0.2, 0.25) is 5.91 Å². The molecular weight excluding hydrogens is 326 g/mol. The minimum Gasteiger partial charge on any atom is -0.453 e. The van der Waals surface area contributed by atoms with Crippen molar-refractivity contribution in [3.63, 3.8) is 0 Å². The normalized spacial score (nSPS) is 16.7. The number of ether oxygens (including phenoxy) is 2. The zero-order valence-corrected chi connectivity index (χ0v) is 14.4. The topological polar surface area (TPSA) is 97.0 Å². The Hall–Kier alpha value is -2.77. The predicted octanol–water partition coefficient (Wildman–Crippen LogP) is 2.67. The molecule has 2 N–H and O–H groups in total. The van der Waals surface area contributed by atoms with Crippen molar-refractivity contribution in [2.24, 2.45) is 5.92 Å². The van der Waals surface area contributed by atoms with E-state index in [0.717, 1.165) is 12.8 Å². The minimum absolute atomic E-state index is 0.139. The summed E-state index contributed by atoms with van der Waals surface area (Å²) in [6, 6.07) is 6.74. The molecule has 0 aromatic heterocycles. The van der Waals surface area contributed by atoms with Crippen LogP contribution in [-0.2, 0) is 14.3 Å². The van der Waals surface area contributed by atoms with Gasteiger partial charge in [0, 0.05) is 24.5 Å². The van der Waals surface area contributed by atoms with Gasteiger partial charge in [-0.05, 0) is 44.0 Å². The van der Waals surface area contributed by atoms with E-state index in [2.05, 4.69) is 10.6 Å². The molecule has 25 heavy (non-hydrogen) atoms. The Morgan fingerprint density at radius 1 is 1.16 bits per heavy atom. The van der Waals surface area contributed by atoms with Crippen molar-refractivity contribution in [3.8, 4) is 0 Å². The average Bonchev–Trinajstić information content (AvgIpc) is 2.63. The molecule has 1 aliphatic rings. The van der Waals surface area contributed by atoms with Gasteiger partial charge >= 0.3 is 12.2 Å². The number of rotatable bonds is 4. The van der Waals surface area contributed by atoms with E-state index in [1.807, 2.05) is 0 Å². The number of benzene rings is 1. The number of carbonyl (C=O) groups is 3. The highest BCUT2D eigenvalue weighted by atomic mass is 16.5. The number of nitrogens with one attached hydrogen (secondary N) is 2. The van der Waals surface area contributed by atoms with Gasteiger partial charge < -0.3 is 19.7 Å². The summed E-state index contributed by atoms with van der Waals surface area (Å²) in [5, 5.41) is 5.41. The summed E-state index contributed by atoms with van der Waals surface area (Å²) < 4.78 is 9.51. The SMILES string of the molecule is CCOC(=O)Nc1ccc(NC(=O)[C@@H]2CCCN(C(=O)OC)C2)cc1. The van der Waals surface area contributed by atoms with Gasteiger partial charge in [-0.2, -0.15) is 0 Å². The molecule has 0 bridgehead atoms. The molecule has 0 aliphatic carbocycles. The van der Waals surface area contributed by atoms with E-state index in [-0.39, 0.29) is 11.8 Å². The van der Waals surface area contributed by atoms with E-state index in [4.69, 9.17) is 9.47 Å². The molecule has 8 nitrogen and oxygen atoms in total. The molecule has 1 atom stereocenters. The molecule has 1 aliphatic heterocycles. The lowest BCUT2D eigenvalue weighted by atomic mass is 9.97. The van der Waals surface area contributed by atoms with Crippen LogP contribution in [-0.4, -0.2) is 49.8 Å². The van der Waals surface area contributed by atoms with Gasteiger partial charge in [-0.25, -0.2) is 9.59 Å². The summed E-state index contributed by atoms with van der Waals surface area (Å²) >= 11 is 0. The number of likely N-dealkylation sites (tertiary alicyclic amines) is 1. The largest absolute Gasteiger partial charge is 0.453 e. The number of hydrogen-bond acceptors (Lipinski definition) is 5. The minimum atomic E-state index is -0.524. The summed E-state index contributed by atoms with van der Waals surface area (Å²) in [6.07, 6.45) is 0.550. The summed E-state index contributed by atoms with van der Waals surface area (Å²) in [5.74, 6) is -0.412. The van der Waals surface area contributed by atoms with Crippen molar-refractivity contribution in [2.75, 3.05) is 37.4 Å². The van der Waals surface area contributed by atoms with Gasteiger partial charge in [0.25, 0.3) is 0 Å². The Morgan fingerprint density at radius 2 is 1.80 bits per heavy atom. The van der Waals surface area contributed by atoms with Crippen molar-refractivity contribution in [2.45, 2.75) is 19.8 Å². The number of anilines is 2. The first-order valence-electron chi connectivity index (χ1n) is 8.21. The summed E-state index contributed by atoms with van der Waals surface area (Å²) in [5.41, 5.74) is 1.19. The van der Waals surface area contributed by atoms with Crippen molar-refractivity contribution in [1.82, 2.24) is 4.90 Å². The molecule has 2 rings (SSSR count). The lowest BCUT2D eigenvalue weighted by molar-refractivity contribution is -0.121. The third-order valence-corrected chi connectivity index (χ3v) is 3.90. The number of carbonyl (C=O) groups excluding carboxylic acids is 3. The molecule has 1 aromatic rings. The second-order valence-corrected chi connectivity index (χ2v) is 5.67. The summed E-state index contributed by atoms with van der Waals surface area (Å²) in [6.45, 7) is 2.97. The van der Waals surface area contributed by atoms with Gasteiger partial charge in [-0.1, -0.05) is 0 Å². The second-order valence-electron chi connectivity index (χ2n) is 5.67. The number of amides is 3. The van der Waals surface area contributed by atoms with Crippen LogP contribution in [0.15, 0.2) is 24.3 Å². The quantitative estimate of drug-likeness (QED) is 0.871. The van der Waals surface area contributed by atoms with Crippen LogP contribution >= 0.6 is 0 Å². The number of hydrogen-bond donors (Lipinski definition) is 2. The van der Waals surface area contributed by atoms with Gasteiger partial charge in [0.05, 0.1) is 19.6 Å². The summed E-state index contributed by atoms with van der Waals surface area (Å²) in [4.78, 5) is 36.9. The molecule has 8 heteroatoms. The van der Waals surface area contributed by atoms with E-state index >= 15 is 0 Å². The molecule has 1 fully saturated rings. The Labute approximate surface area is 146 Å². The maximum absolute atomic E-state index is 12.4. The van der Waals surface area contributed by atoms with Crippen LogP contribution < -0.4 is 10.6 Å². The smallest absolute Gasteiger partial charge is 0.411 e. The Morgan fingerprint density at radius 3 is 2.40 bits per heavy atom. The molecule has 0 radical (unpaired) electrons. The Kier molecular flexibility index (Phi) is 6.62. The van der Waals surface area contributed by atoms with Crippen molar-refractivity contribution in [3.05, 3.63) is 24.3 Å². The van der Waals surface area contributed by atoms with Crippen LogP contribution in [0.25, 0.3) is 0 Å². The van der Waals surface area contributed by atoms with E-state index < -0.39 is 12.2 Å². The molecule has 136 valence electrons. The number of nitrogens with zero attached hydrogens (tertiary/aromatic N) is 1. The average molecular weight is 349 g/mol. The van der Waals surface area contributed by atoms with Crippen LogP contribution in [0.5, 0.6) is 0 Å². The van der Waals surface area contributed by atoms with Crippen molar-refractivity contribution >= 4 is 29.5 Å². The fourth-order valence-electron chi connectivity index (χ4n) is 2.65. The zero-order valence-electron chi connectivity index (χ0n) is 14.4. The second kappa shape index (κ2) is 8.91. The highest BCUT2D eigenvalue weighted by Gasteiger charge is 2.28. The van der Waals surface area contributed by atoms with E-state index in [0.29, 0.717) is 31.1 Å². The maximum atomic E-state index is 12.4. The van der Waals surface area contributed by atoms with Crippen molar-refractivity contribution in [1.29, 1.82) is 0 Å². The molecule has 3 amide bonds. The fourth-order valence-corrected chi connectivity index (χ4v) is 2.65. The van der Waals surface area contributed by atoms with E-state index in [1.54, 1.807) is 36.1 Å². The first-order valence-corrected chi connectivity index (χ1v) is 8.21. The summed E-state index contributed by atoms with van der Waals surface area (Å²) in [7, 11) is 1.33. The number of piperidine rings is 1. The van der Waals surface area contributed by atoms with Crippen LogP contribution in [0.3, 0.4) is 0 Å². The Balaban J connectivity index is 1.89. The van der Waals surface area contributed by atoms with Gasteiger partial charge in [0.15, 0.2) is 0 Å². The van der Waals surface area contributed by atoms with Crippen LogP contribution in [0, 0.1) is 5.92 Å². The van der Waals surface area contributed by atoms with Crippen LogP contribution in [0.1, 0.15) is 19.8 Å². The van der Waals surface area contributed by atoms with Crippen molar-refractivity contribution < 1.29 is 23.9 Å². The predicted molar refractivity (Wildman–Crippen MR) is 92.4 cm³/mol. The third kappa shape index (κ3) is 5.37. The molecule has 1 saturated heterocycles. The van der Waals surface area contributed by atoms with Crippen LogP contribution in [0.4, 0.5) is 21.0 Å². The fraction of sp³-hybridized carbons (Fsp3) is 0.471. The van der Waals surface area contributed by atoms with Gasteiger partial charge in [-0.15, -0.1) is 0 Å². The molecule has 1 heterocycles. The third-order valence-electron chi connectivity index (χ3n) is 3.90. The van der Waals surface area contributed by atoms with E-state index in [1.165, 1.54) is 7.11 Å². The maximum Gasteiger partial charge on any atom is 0.411 e. The number of methoxy groups -OCH3 is 1. The monoisotopic (exact) mass is 349 g/mol. The molecule has 0 spiro atoms. The zero-order chi connectivity index (χ0) is 18.2. The first kappa shape index (κ1) is 18.6. The van der Waals surface area contributed by atoms with E-state index in [9.17, 15) is 14.4 Å². The molecule has 0 unspecified atom stereocenters. The molecule has 1 aromatic carbocycles. The molecular formula is C17H23N3O5. The van der Waals surface area contributed by atoms with Crippen LogP contribution in [0.2, 0.25) is 0 Å². The Bertz CT molecular complexity index is 617.